The fraction of sp³-hybridized carbons (Fsp3) is 0.667. The van der Waals surface area contributed by atoms with Crippen molar-refractivity contribution in [1.29, 1.82) is 0 Å². The maximum absolute atomic E-state index is 5.69. The number of fused-ring (bicyclic) bond motifs is 1. The van der Waals surface area contributed by atoms with Crippen molar-refractivity contribution in [2.75, 3.05) is 37.7 Å². The Labute approximate surface area is 129 Å². The molecule has 1 atom stereocenters. The van der Waals surface area contributed by atoms with E-state index < -0.39 is 0 Å². The first kappa shape index (κ1) is 16.3. The van der Waals surface area contributed by atoms with Crippen LogP contribution in [-0.4, -0.2) is 32.8 Å². The molecule has 0 amide bonds. The minimum Gasteiger partial charge on any atom is -0.380 e. The molecule has 2 rings (SSSR count). The second-order valence-electron chi connectivity index (χ2n) is 5.87. The lowest BCUT2D eigenvalue weighted by atomic mass is 10.0. The van der Waals surface area contributed by atoms with Gasteiger partial charge in [-0.05, 0) is 43.5 Å². The van der Waals surface area contributed by atoms with Crippen molar-refractivity contribution in [2.45, 2.75) is 46.1 Å². The number of unbranched alkanes of at least 4 members (excludes halogenated alkanes) is 1. The van der Waals surface area contributed by atoms with Crippen LogP contribution in [0, 0.1) is 0 Å². The maximum Gasteiger partial charge on any atom is 0.0641 e. The molecule has 1 aromatic carbocycles. The summed E-state index contributed by atoms with van der Waals surface area (Å²) in [5, 5.41) is 3.48. The highest BCUT2D eigenvalue weighted by Crippen LogP contribution is 2.30. The van der Waals surface area contributed by atoms with Crippen molar-refractivity contribution in [2.24, 2.45) is 0 Å². The van der Waals surface area contributed by atoms with E-state index in [1.807, 2.05) is 0 Å². The molecule has 0 spiro atoms. The summed E-state index contributed by atoms with van der Waals surface area (Å²) in [6.07, 6.45) is 3.54. The van der Waals surface area contributed by atoms with Gasteiger partial charge in [0.1, 0.15) is 0 Å². The Morgan fingerprint density at radius 2 is 2.14 bits per heavy atom. The van der Waals surface area contributed by atoms with Gasteiger partial charge in [-0.1, -0.05) is 32.4 Å². The van der Waals surface area contributed by atoms with E-state index in [1.54, 1.807) is 0 Å². The van der Waals surface area contributed by atoms with E-state index in [9.17, 15) is 0 Å². The van der Waals surface area contributed by atoms with Crippen LogP contribution in [0.5, 0.6) is 0 Å². The molecule has 1 aliphatic rings. The third kappa shape index (κ3) is 4.45. The van der Waals surface area contributed by atoms with E-state index in [4.69, 9.17) is 4.74 Å². The van der Waals surface area contributed by atoms with Gasteiger partial charge in [-0.15, -0.1) is 0 Å². The van der Waals surface area contributed by atoms with E-state index in [0.717, 1.165) is 39.3 Å². The zero-order valence-electron chi connectivity index (χ0n) is 13.8. The highest BCUT2D eigenvalue weighted by atomic mass is 16.5. The number of anilines is 1. The van der Waals surface area contributed by atoms with Gasteiger partial charge in [0.05, 0.1) is 6.61 Å². The molecule has 1 unspecified atom stereocenters. The van der Waals surface area contributed by atoms with Crippen LogP contribution in [0.15, 0.2) is 18.2 Å². The van der Waals surface area contributed by atoms with Crippen molar-refractivity contribution in [3.63, 3.8) is 0 Å². The van der Waals surface area contributed by atoms with Crippen LogP contribution < -0.4 is 10.2 Å². The van der Waals surface area contributed by atoms with Gasteiger partial charge in [0.2, 0.25) is 0 Å². The van der Waals surface area contributed by atoms with E-state index in [0.29, 0.717) is 6.04 Å². The van der Waals surface area contributed by atoms with Gasteiger partial charge in [0.25, 0.3) is 0 Å². The third-order valence-corrected chi connectivity index (χ3v) is 4.25. The predicted molar refractivity (Wildman–Crippen MR) is 90.2 cm³/mol. The molecule has 0 bridgehead atoms. The summed E-state index contributed by atoms with van der Waals surface area (Å²) in [5.74, 6) is 0. The Balaban J connectivity index is 1.88. The summed E-state index contributed by atoms with van der Waals surface area (Å²) < 4.78 is 5.69. The van der Waals surface area contributed by atoms with Gasteiger partial charge in [0, 0.05) is 31.4 Å². The number of hydrogen-bond donors (Lipinski definition) is 1. The summed E-state index contributed by atoms with van der Waals surface area (Å²) in [6, 6.07) is 7.37. The van der Waals surface area contributed by atoms with E-state index in [-0.39, 0.29) is 0 Å². The largest absolute Gasteiger partial charge is 0.380 e. The zero-order chi connectivity index (χ0) is 15.1. The topological polar surface area (TPSA) is 24.5 Å². The van der Waals surface area contributed by atoms with Crippen LogP contribution >= 0.6 is 0 Å². The van der Waals surface area contributed by atoms with Crippen molar-refractivity contribution < 1.29 is 4.74 Å². The van der Waals surface area contributed by atoms with Crippen molar-refractivity contribution in [3.05, 3.63) is 29.3 Å². The molecule has 1 aliphatic heterocycles. The SMILES string of the molecule is CCCCOCCN1CCc2cc(C(C)NCC)ccc21. The van der Waals surface area contributed by atoms with Crippen LogP contribution in [0.1, 0.15) is 50.8 Å². The number of nitrogens with one attached hydrogen (secondary N) is 1. The van der Waals surface area contributed by atoms with Gasteiger partial charge in [-0.3, -0.25) is 0 Å². The van der Waals surface area contributed by atoms with Crippen LogP contribution in [0.3, 0.4) is 0 Å². The summed E-state index contributed by atoms with van der Waals surface area (Å²) in [7, 11) is 0. The Bertz CT molecular complexity index is 433. The summed E-state index contributed by atoms with van der Waals surface area (Å²) in [5.41, 5.74) is 4.30. The highest BCUT2D eigenvalue weighted by Gasteiger charge is 2.19. The summed E-state index contributed by atoms with van der Waals surface area (Å²) in [6.45, 7) is 11.5. The third-order valence-electron chi connectivity index (χ3n) is 4.25. The number of nitrogens with zero attached hydrogens (tertiary/aromatic N) is 1. The first-order valence-electron chi connectivity index (χ1n) is 8.45. The van der Waals surface area contributed by atoms with Crippen LogP contribution in [0.4, 0.5) is 5.69 Å². The molecule has 3 heteroatoms. The molecule has 118 valence electrons. The lowest BCUT2D eigenvalue weighted by Gasteiger charge is -2.20. The zero-order valence-corrected chi connectivity index (χ0v) is 13.8. The van der Waals surface area contributed by atoms with Crippen molar-refractivity contribution in [1.82, 2.24) is 5.32 Å². The minimum atomic E-state index is 0.437. The fourth-order valence-electron chi connectivity index (χ4n) is 2.94. The predicted octanol–water partition coefficient (Wildman–Crippen LogP) is 3.54. The first-order valence-corrected chi connectivity index (χ1v) is 8.45. The Kier molecular flexibility index (Phi) is 6.52. The Hall–Kier alpha value is -1.06. The minimum absolute atomic E-state index is 0.437. The molecule has 0 aliphatic carbocycles. The lowest BCUT2D eigenvalue weighted by Crippen LogP contribution is -2.25. The highest BCUT2D eigenvalue weighted by molar-refractivity contribution is 5.59. The van der Waals surface area contributed by atoms with Gasteiger partial charge < -0.3 is 15.0 Å². The van der Waals surface area contributed by atoms with Crippen molar-refractivity contribution in [3.8, 4) is 0 Å². The van der Waals surface area contributed by atoms with E-state index in [2.05, 4.69) is 49.2 Å². The summed E-state index contributed by atoms with van der Waals surface area (Å²) >= 11 is 0. The average molecular weight is 290 g/mol. The molecule has 1 heterocycles. The molecule has 0 fully saturated rings. The molecule has 1 aromatic rings. The molecule has 0 saturated heterocycles. The standard InChI is InChI=1S/C18H30N2O/c1-4-6-12-21-13-11-20-10-9-17-14-16(7-8-18(17)20)15(3)19-5-2/h7-8,14-15,19H,4-6,9-13H2,1-3H3. The van der Waals surface area contributed by atoms with Crippen molar-refractivity contribution >= 4 is 5.69 Å². The molecule has 3 nitrogen and oxygen atoms in total. The second kappa shape index (κ2) is 8.40. The smallest absolute Gasteiger partial charge is 0.0641 e. The van der Waals surface area contributed by atoms with Gasteiger partial charge in [-0.2, -0.15) is 0 Å². The Morgan fingerprint density at radius 3 is 2.90 bits per heavy atom. The van der Waals surface area contributed by atoms with Crippen LogP contribution in [0.2, 0.25) is 0 Å². The number of hydrogen-bond acceptors (Lipinski definition) is 3. The monoisotopic (exact) mass is 290 g/mol. The number of rotatable bonds is 9. The lowest BCUT2D eigenvalue weighted by molar-refractivity contribution is 0.137. The normalized spacial score (nSPS) is 15.3. The quantitative estimate of drug-likeness (QED) is 0.704. The maximum atomic E-state index is 5.69. The van der Waals surface area contributed by atoms with Gasteiger partial charge in [0.15, 0.2) is 0 Å². The van der Waals surface area contributed by atoms with E-state index in [1.165, 1.54) is 29.7 Å². The Morgan fingerprint density at radius 1 is 1.29 bits per heavy atom. The molecule has 0 saturated carbocycles. The van der Waals surface area contributed by atoms with E-state index >= 15 is 0 Å². The van der Waals surface area contributed by atoms with Gasteiger partial charge in [-0.25, -0.2) is 0 Å². The molecule has 0 aromatic heterocycles. The molecule has 21 heavy (non-hydrogen) atoms. The second-order valence-corrected chi connectivity index (χ2v) is 5.87. The molecule has 1 N–H and O–H groups in total. The summed E-state index contributed by atoms with van der Waals surface area (Å²) in [4.78, 5) is 2.46. The molecule has 0 radical (unpaired) electrons. The van der Waals surface area contributed by atoms with Crippen LogP contribution in [0.25, 0.3) is 0 Å². The molecular formula is C18H30N2O. The van der Waals surface area contributed by atoms with Gasteiger partial charge >= 0.3 is 0 Å². The molecular weight excluding hydrogens is 260 g/mol. The number of benzene rings is 1. The number of ether oxygens (including phenoxy) is 1. The van der Waals surface area contributed by atoms with Crippen LogP contribution in [-0.2, 0) is 11.2 Å². The average Bonchev–Trinajstić information content (AvgIpc) is 2.90. The fourth-order valence-corrected chi connectivity index (χ4v) is 2.94. The first-order chi connectivity index (χ1) is 10.3.